The predicted molar refractivity (Wildman–Crippen MR) is 178 cm³/mol. The molecular weight excluding hydrogens is 604 g/mol. The van der Waals surface area contributed by atoms with E-state index in [1.165, 1.54) is 5.00 Å². The standard InChI is InChI=1S/C34H44N6O5S/c1-34(2,3)45-33(41)40-24-10-11-25(40)16-26(15-24)37(4)32-17-27-30(46-32)20-38(36-27)28-12-9-22(14-29(28)44-21-42-5)23-18-35-39(19-23)31-8-6-7-13-43-31/h9,12,14,17-20,24-26,31H,6-8,10-11,13,15-16,21H2,1-5H3. The van der Waals surface area contributed by atoms with Gasteiger partial charge in [0.15, 0.2) is 6.79 Å². The number of ether oxygens (including phenoxy) is 4. The van der Waals surface area contributed by atoms with E-state index in [1.807, 2.05) is 59.6 Å². The quantitative estimate of drug-likeness (QED) is 0.189. The summed E-state index contributed by atoms with van der Waals surface area (Å²) in [7, 11) is 3.79. The summed E-state index contributed by atoms with van der Waals surface area (Å²) in [4.78, 5) is 17.3. The lowest BCUT2D eigenvalue weighted by atomic mass is 9.96. The number of carbonyl (C=O) groups excluding carboxylic acids is 1. The summed E-state index contributed by atoms with van der Waals surface area (Å²) in [5.41, 5.74) is 3.30. The second kappa shape index (κ2) is 12.5. The van der Waals surface area contributed by atoms with Crippen molar-refractivity contribution in [2.45, 2.75) is 95.7 Å². The van der Waals surface area contributed by atoms with E-state index in [-0.39, 0.29) is 31.2 Å². The average Bonchev–Trinajstić information content (AvgIpc) is 3.81. The maximum absolute atomic E-state index is 12.9. The van der Waals surface area contributed by atoms with E-state index in [2.05, 4.69) is 35.4 Å². The first-order chi connectivity index (χ1) is 22.2. The van der Waals surface area contributed by atoms with E-state index >= 15 is 0 Å². The lowest BCUT2D eigenvalue weighted by molar-refractivity contribution is -0.0394. The molecule has 3 saturated heterocycles. The fourth-order valence-electron chi connectivity index (χ4n) is 7.06. The molecule has 6 heterocycles. The van der Waals surface area contributed by atoms with Gasteiger partial charge < -0.3 is 28.7 Å². The Kier molecular flexibility index (Phi) is 8.45. The van der Waals surface area contributed by atoms with Crippen molar-refractivity contribution in [1.29, 1.82) is 0 Å². The number of hydrogen-bond donors (Lipinski definition) is 0. The highest BCUT2D eigenvalue weighted by molar-refractivity contribution is 7.22. The first kappa shape index (κ1) is 31.0. The molecule has 1 aromatic carbocycles. The third-order valence-corrected chi connectivity index (χ3v) is 10.5. The number of fused-ring (bicyclic) bond motifs is 3. The van der Waals surface area contributed by atoms with Gasteiger partial charge in [-0.1, -0.05) is 6.07 Å². The first-order valence-corrected chi connectivity index (χ1v) is 17.1. The molecule has 4 aromatic rings. The van der Waals surface area contributed by atoms with Crippen LogP contribution < -0.4 is 9.64 Å². The molecule has 3 fully saturated rings. The zero-order chi connectivity index (χ0) is 32.0. The molecule has 3 aliphatic rings. The Morgan fingerprint density at radius 3 is 2.59 bits per heavy atom. The fraction of sp³-hybridized carbons (Fsp3) is 0.559. The summed E-state index contributed by atoms with van der Waals surface area (Å²) < 4.78 is 27.9. The summed E-state index contributed by atoms with van der Waals surface area (Å²) in [6.45, 7) is 6.70. The van der Waals surface area contributed by atoms with Crippen LogP contribution >= 0.6 is 11.3 Å². The Balaban J connectivity index is 1.08. The number of benzene rings is 1. The van der Waals surface area contributed by atoms with E-state index in [0.717, 1.165) is 78.6 Å². The zero-order valence-electron chi connectivity index (χ0n) is 27.3. The number of thiophene rings is 1. The van der Waals surface area contributed by atoms with Gasteiger partial charge in [0.05, 0.1) is 15.9 Å². The molecule has 0 spiro atoms. The molecule has 2 bridgehead atoms. The van der Waals surface area contributed by atoms with Gasteiger partial charge in [-0.05, 0) is 83.4 Å². The van der Waals surface area contributed by atoms with E-state index in [0.29, 0.717) is 11.8 Å². The molecule has 246 valence electrons. The number of nitrogens with zero attached hydrogens (tertiary/aromatic N) is 6. The molecule has 11 nitrogen and oxygen atoms in total. The van der Waals surface area contributed by atoms with Crippen molar-refractivity contribution in [1.82, 2.24) is 24.5 Å². The van der Waals surface area contributed by atoms with Crippen molar-refractivity contribution in [2.24, 2.45) is 0 Å². The van der Waals surface area contributed by atoms with E-state index < -0.39 is 5.60 Å². The smallest absolute Gasteiger partial charge is 0.410 e. The van der Waals surface area contributed by atoms with Gasteiger partial charge in [0.1, 0.15) is 28.8 Å². The molecule has 0 radical (unpaired) electrons. The monoisotopic (exact) mass is 648 g/mol. The highest BCUT2D eigenvalue weighted by Crippen LogP contribution is 2.42. The number of amides is 1. The lowest BCUT2D eigenvalue weighted by Crippen LogP contribution is -2.53. The summed E-state index contributed by atoms with van der Waals surface area (Å²) in [6, 6.07) is 9.11. The molecule has 3 unspecified atom stereocenters. The van der Waals surface area contributed by atoms with Crippen LogP contribution in [0.2, 0.25) is 0 Å². The van der Waals surface area contributed by atoms with Crippen LogP contribution in [-0.4, -0.2) is 81.8 Å². The highest BCUT2D eigenvalue weighted by Gasteiger charge is 2.46. The van der Waals surface area contributed by atoms with Gasteiger partial charge in [0.2, 0.25) is 0 Å². The van der Waals surface area contributed by atoms with Crippen LogP contribution in [0.4, 0.5) is 9.80 Å². The highest BCUT2D eigenvalue weighted by atomic mass is 32.1. The summed E-state index contributed by atoms with van der Waals surface area (Å²) >= 11 is 1.74. The van der Waals surface area contributed by atoms with Crippen LogP contribution in [0.3, 0.4) is 0 Å². The Labute approximate surface area is 273 Å². The summed E-state index contributed by atoms with van der Waals surface area (Å²) in [5.74, 6) is 0.681. The minimum absolute atomic E-state index is 0.00731. The molecule has 0 N–H and O–H groups in total. The average molecular weight is 649 g/mol. The van der Waals surface area contributed by atoms with Gasteiger partial charge in [-0.2, -0.15) is 10.2 Å². The molecule has 3 aliphatic heterocycles. The Morgan fingerprint density at radius 2 is 1.89 bits per heavy atom. The molecule has 0 saturated carbocycles. The molecule has 1 amide bonds. The molecule has 7 rings (SSSR count). The van der Waals surface area contributed by atoms with E-state index in [9.17, 15) is 4.79 Å². The van der Waals surface area contributed by atoms with Gasteiger partial charge >= 0.3 is 6.09 Å². The zero-order valence-corrected chi connectivity index (χ0v) is 28.2. The Morgan fingerprint density at radius 1 is 1.09 bits per heavy atom. The van der Waals surface area contributed by atoms with Crippen LogP contribution in [0.1, 0.15) is 71.9 Å². The van der Waals surface area contributed by atoms with Crippen molar-refractivity contribution in [3.63, 3.8) is 0 Å². The van der Waals surface area contributed by atoms with Crippen molar-refractivity contribution in [2.75, 3.05) is 32.5 Å². The van der Waals surface area contributed by atoms with Gasteiger partial charge in [-0.25, -0.2) is 14.2 Å². The molecule has 0 aliphatic carbocycles. The fourth-order valence-corrected chi connectivity index (χ4v) is 8.11. The topological polar surface area (TPSA) is 96.1 Å². The SMILES string of the molecule is COCOc1cc(-c2cnn(C3CCCCO3)c2)ccc1-n1cc2sc(N(C)C3CC4CCC(C3)N4C(=O)OC(C)(C)C)cc2n1. The number of hydrogen-bond acceptors (Lipinski definition) is 9. The summed E-state index contributed by atoms with van der Waals surface area (Å²) in [6.07, 6.45) is 13.0. The molecular formula is C34H44N6O5S. The minimum atomic E-state index is -0.484. The van der Waals surface area contributed by atoms with Crippen molar-refractivity contribution >= 4 is 32.6 Å². The number of piperidine rings is 1. The summed E-state index contributed by atoms with van der Waals surface area (Å²) in [5, 5.41) is 10.7. The van der Waals surface area contributed by atoms with Crippen LogP contribution in [-0.2, 0) is 14.2 Å². The second-order valence-corrected chi connectivity index (χ2v) is 14.7. The predicted octanol–water partition coefficient (Wildman–Crippen LogP) is 7.00. The van der Waals surface area contributed by atoms with Crippen molar-refractivity contribution in [3.05, 3.63) is 42.9 Å². The largest absolute Gasteiger partial charge is 0.465 e. The molecule has 3 atom stereocenters. The maximum Gasteiger partial charge on any atom is 0.410 e. The maximum atomic E-state index is 12.9. The van der Waals surface area contributed by atoms with Crippen LogP contribution in [0.5, 0.6) is 5.75 Å². The molecule has 12 heteroatoms. The van der Waals surface area contributed by atoms with E-state index in [1.54, 1.807) is 18.4 Å². The van der Waals surface area contributed by atoms with Gasteiger partial charge in [-0.15, -0.1) is 11.3 Å². The first-order valence-electron chi connectivity index (χ1n) is 16.3. The molecule has 46 heavy (non-hydrogen) atoms. The van der Waals surface area contributed by atoms with Crippen LogP contribution in [0.15, 0.2) is 42.9 Å². The van der Waals surface area contributed by atoms with Gasteiger partial charge in [0.25, 0.3) is 0 Å². The number of aromatic nitrogens is 4. The molecule has 3 aromatic heterocycles. The Bertz CT molecular complexity index is 1640. The number of methoxy groups -OCH3 is 1. The van der Waals surface area contributed by atoms with Gasteiger partial charge in [0, 0.05) is 62.9 Å². The second-order valence-electron chi connectivity index (χ2n) is 13.7. The third-order valence-electron chi connectivity index (χ3n) is 9.31. The van der Waals surface area contributed by atoms with Crippen LogP contribution in [0, 0.1) is 0 Å². The van der Waals surface area contributed by atoms with Crippen molar-refractivity contribution < 1.29 is 23.7 Å². The number of anilines is 1. The van der Waals surface area contributed by atoms with Crippen LogP contribution in [0.25, 0.3) is 27.0 Å². The minimum Gasteiger partial charge on any atom is -0.465 e. The third kappa shape index (κ3) is 6.22. The van der Waals surface area contributed by atoms with Crippen molar-refractivity contribution in [3.8, 4) is 22.6 Å². The Hall–Kier alpha value is -3.61. The number of carbonyl (C=O) groups is 1. The van der Waals surface area contributed by atoms with E-state index in [4.69, 9.17) is 24.0 Å². The van der Waals surface area contributed by atoms with Gasteiger partial charge in [-0.3, -0.25) is 0 Å². The number of rotatable bonds is 8. The lowest BCUT2D eigenvalue weighted by Gasteiger charge is -2.42. The normalized spacial score (nSPS) is 23.2.